The maximum atomic E-state index is 2.79. The summed E-state index contributed by atoms with van der Waals surface area (Å²) in [6.07, 6.45) is 0. The predicted molar refractivity (Wildman–Crippen MR) is 285 cm³/mol. The Kier molecular flexibility index (Phi) is 10.4. The minimum Gasteiger partial charge on any atom is -0.318 e. The Hall–Kier alpha value is -8.30. The molecule has 1 aliphatic carbocycles. The molecular weight excluding hydrogens is 835 g/mol. The molecule has 0 saturated heterocycles. The molecule has 1 aromatic heterocycles. The molecule has 0 spiro atoms. The van der Waals surface area contributed by atoms with Gasteiger partial charge in [0.25, 0.3) is 0 Å². The van der Waals surface area contributed by atoms with E-state index >= 15 is 0 Å². The molecule has 68 heavy (non-hydrogen) atoms. The van der Waals surface area contributed by atoms with Gasteiger partial charge in [0.05, 0.1) is 10.8 Å². The summed E-state index contributed by atoms with van der Waals surface area (Å²) in [5.41, 5.74) is 11.8. The number of hydrogen-bond donors (Lipinski definition) is 0. The topological polar surface area (TPSA) is 4.93 Å². The van der Waals surface area contributed by atoms with Gasteiger partial charge >= 0.3 is 0 Å². The third-order valence-corrected chi connectivity index (χ3v) is 19.3. The highest BCUT2D eigenvalue weighted by Crippen LogP contribution is 2.62. The van der Waals surface area contributed by atoms with Crippen LogP contribution in [0, 0.1) is 0 Å². The summed E-state index contributed by atoms with van der Waals surface area (Å²) < 4.78 is 2.79. The molecule has 0 amide bonds. The fourth-order valence-corrected chi connectivity index (χ4v) is 17.1. The molecule has 0 N–H and O–H groups in total. The third-order valence-electron chi connectivity index (χ3n) is 14.5. The zero-order chi connectivity index (χ0) is 45.4. The highest BCUT2D eigenvalue weighted by Gasteiger charge is 2.60. The van der Waals surface area contributed by atoms with Crippen LogP contribution in [0.4, 0.5) is 0 Å². The molecule has 0 radical (unpaired) electrons. The molecule has 0 atom stereocenters. The summed E-state index contributed by atoms with van der Waals surface area (Å²) in [5, 5.41) is 5.25. The molecule has 12 rings (SSSR count). The van der Waals surface area contributed by atoms with Gasteiger partial charge in [-0.25, -0.2) is 0 Å². The first kappa shape index (κ1) is 41.2. The lowest BCUT2D eigenvalue weighted by Gasteiger charge is -2.50. The zero-order valence-electron chi connectivity index (χ0n) is 37.7. The molecule has 0 bridgehead atoms. The van der Waals surface area contributed by atoms with Crippen molar-refractivity contribution in [3.63, 3.8) is 0 Å². The van der Waals surface area contributed by atoms with Gasteiger partial charge in [-0.15, -0.1) is 0 Å². The van der Waals surface area contributed by atoms with Crippen molar-refractivity contribution in [1.29, 1.82) is 0 Å². The van der Waals surface area contributed by atoms with E-state index in [0.29, 0.717) is 0 Å². The molecule has 1 heterocycles. The first-order chi connectivity index (χ1) is 33.8. The minimum absolute atomic E-state index is 0.814. The van der Waals surface area contributed by atoms with Crippen molar-refractivity contribution in [2.45, 2.75) is 10.8 Å². The number of fused-ring (bicyclic) bond motifs is 2. The van der Waals surface area contributed by atoms with Crippen molar-refractivity contribution in [1.82, 2.24) is 4.57 Å². The average Bonchev–Trinajstić information content (AvgIpc) is 3.79. The maximum Gasteiger partial charge on any atom is 0.200 e. The lowest BCUT2D eigenvalue weighted by molar-refractivity contribution is 0.593. The summed E-state index contributed by atoms with van der Waals surface area (Å²) in [4.78, 5) is 0. The second kappa shape index (κ2) is 17.2. The number of nitrogens with zero attached hydrogens (tertiary/aromatic N) is 1. The van der Waals surface area contributed by atoms with Crippen LogP contribution in [-0.2, 0) is 10.8 Å². The summed E-state index contributed by atoms with van der Waals surface area (Å²) >= 11 is 0. The van der Waals surface area contributed by atoms with Crippen molar-refractivity contribution in [3.05, 3.63) is 342 Å². The number of benzene rings is 10. The summed E-state index contributed by atoms with van der Waals surface area (Å²) in [5.74, 6) is 0. The molecule has 0 saturated carbocycles. The van der Waals surface area contributed by atoms with E-state index in [0.717, 1.165) is 5.69 Å². The first-order valence-corrected chi connectivity index (χ1v) is 25.7. The summed E-state index contributed by atoms with van der Waals surface area (Å²) in [7, 11) is -3.44. The Morgan fingerprint density at radius 2 is 0.574 bits per heavy atom. The predicted octanol–water partition coefficient (Wildman–Crippen LogP) is 12.6. The number of para-hydroxylation sites is 1. The van der Waals surface area contributed by atoms with E-state index in [1.807, 2.05) is 0 Å². The van der Waals surface area contributed by atoms with Crippen molar-refractivity contribution >= 4 is 29.0 Å². The van der Waals surface area contributed by atoms with Gasteiger partial charge in [-0.05, 0) is 66.6 Å². The van der Waals surface area contributed by atoms with Crippen LogP contribution in [0.2, 0.25) is 0 Å². The zero-order valence-corrected chi connectivity index (χ0v) is 38.7. The second-order valence-corrected chi connectivity index (χ2v) is 21.5. The largest absolute Gasteiger partial charge is 0.318 e. The van der Waals surface area contributed by atoms with E-state index in [1.54, 1.807) is 0 Å². The van der Waals surface area contributed by atoms with Crippen LogP contribution in [0.5, 0.6) is 0 Å². The second-order valence-electron chi connectivity index (χ2n) is 17.8. The summed E-state index contributed by atoms with van der Waals surface area (Å²) in [6.45, 7) is 0. The highest BCUT2D eigenvalue weighted by molar-refractivity contribution is 7.20. The third kappa shape index (κ3) is 6.08. The van der Waals surface area contributed by atoms with Gasteiger partial charge in [0.1, 0.15) is 0 Å². The van der Waals surface area contributed by atoms with Crippen LogP contribution in [-0.4, -0.2) is 12.6 Å². The fourth-order valence-electron chi connectivity index (χ4n) is 12.0. The molecule has 10 aromatic carbocycles. The van der Waals surface area contributed by atoms with Gasteiger partial charge in [-0.3, -0.25) is 0 Å². The Labute approximate surface area is 401 Å². The normalized spacial score (nSPS) is 13.5. The molecule has 0 fully saturated rings. The van der Waals surface area contributed by atoms with Crippen LogP contribution in [0.1, 0.15) is 44.6 Å². The van der Waals surface area contributed by atoms with E-state index < -0.39 is 18.9 Å². The van der Waals surface area contributed by atoms with Crippen LogP contribution < -0.4 is 20.9 Å². The van der Waals surface area contributed by atoms with Crippen molar-refractivity contribution in [2.24, 2.45) is 0 Å². The van der Waals surface area contributed by atoms with Gasteiger partial charge in [-0.1, -0.05) is 285 Å². The lowest BCUT2D eigenvalue weighted by Crippen LogP contribution is -2.76. The fraction of sp³-hybridized carbons (Fsp3) is 0.0303. The van der Waals surface area contributed by atoms with Crippen LogP contribution >= 0.6 is 0 Å². The standard InChI is InChI=1S/C66H49NSi/c1-10-30-50(31-11-1)61-62-63(67(55-40-20-6-21-41-55)64(61)68(56-42-22-7-23-43-56,57-44-24-8-25-45-57)58-46-26-9-27-47-58)66(53-36-16-4-17-37-53,54-38-18-5-19-39-54)60-49-29-28-48-59(60)65(62,51-32-12-2-13-33-51)52-34-14-3-15-35-52/h1-49H. The molecule has 0 aliphatic heterocycles. The quantitative estimate of drug-likeness (QED) is 0.0953. The van der Waals surface area contributed by atoms with E-state index in [1.165, 1.54) is 76.6 Å². The van der Waals surface area contributed by atoms with E-state index in [-0.39, 0.29) is 0 Å². The van der Waals surface area contributed by atoms with Crippen LogP contribution in [0.3, 0.4) is 0 Å². The molecule has 322 valence electrons. The number of hydrogen-bond acceptors (Lipinski definition) is 0. The van der Waals surface area contributed by atoms with Crippen LogP contribution in [0.25, 0.3) is 16.8 Å². The SMILES string of the molecule is c1ccc(-c2c3c(n(-c4ccccc4)c2[Si](c2ccccc2)(c2ccccc2)c2ccccc2)C(c2ccccc2)(c2ccccc2)c2ccccc2C3(c2ccccc2)c2ccccc2)cc1. The van der Waals surface area contributed by atoms with E-state index in [9.17, 15) is 0 Å². The Morgan fingerprint density at radius 3 is 0.956 bits per heavy atom. The van der Waals surface area contributed by atoms with Crippen LogP contribution in [0.15, 0.2) is 297 Å². The maximum absolute atomic E-state index is 3.44. The van der Waals surface area contributed by atoms with E-state index in [4.69, 9.17) is 0 Å². The molecule has 1 aliphatic rings. The lowest BCUT2D eigenvalue weighted by atomic mass is 9.51. The van der Waals surface area contributed by atoms with Gasteiger partial charge in [0.2, 0.25) is 0 Å². The average molecular weight is 884 g/mol. The van der Waals surface area contributed by atoms with Crippen molar-refractivity contribution < 1.29 is 0 Å². The van der Waals surface area contributed by atoms with Gasteiger partial charge in [-0.2, -0.15) is 0 Å². The Morgan fingerprint density at radius 1 is 0.279 bits per heavy atom. The molecule has 0 unspecified atom stereocenters. The van der Waals surface area contributed by atoms with E-state index in [2.05, 4.69) is 302 Å². The Balaban J connectivity index is 1.49. The van der Waals surface area contributed by atoms with Gasteiger partial charge in [0, 0.05) is 27.8 Å². The monoisotopic (exact) mass is 883 g/mol. The molecule has 2 heteroatoms. The first-order valence-electron chi connectivity index (χ1n) is 23.7. The number of aromatic nitrogens is 1. The molecular formula is C66H49NSi. The summed E-state index contributed by atoms with van der Waals surface area (Å²) in [6, 6.07) is 112. The van der Waals surface area contributed by atoms with Gasteiger partial charge < -0.3 is 4.57 Å². The number of rotatable bonds is 10. The van der Waals surface area contributed by atoms with Crippen molar-refractivity contribution in [2.75, 3.05) is 0 Å². The minimum atomic E-state index is -3.44. The molecule has 1 nitrogen and oxygen atoms in total. The van der Waals surface area contributed by atoms with Gasteiger partial charge in [0.15, 0.2) is 8.07 Å². The smallest absolute Gasteiger partial charge is 0.200 e. The Bertz CT molecular complexity index is 3100. The highest BCUT2D eigenvalue weighted by atomic mass is 28.3. The van der Waals surface area contributed by atoms with Crippen molar-refractivity contribution in [3.8, 4) is 16.8 Å². The molecule has 11 aromatic rings.